The minimum Gasteiger partial charge on any atom is -0.328 e. The summed E-state index contributed by atoms with van der Waals surface area (Å²) in [6, 6.07) is 1.02. The van der Waals surface area contributed by atoms with Crippen molar-refractivity contribution in [1.29, 1.82) is 0 Å². The average Bonchev–Trinajstić information content (AvgIpc) is 1.98. The highest BCUT2D eigenvalue weighted by Crippen LogP contribution is 2.01. The molecule has 2 nitrogen and oxygen atoms in total. The van der Waals surface area contributed by atoms with E-state index in [2.05, 4.69) is 32.7 Å². The van der Waals surface area contributed by atoms with E-state index in [9.17, 15) is 0 Å². The van der Waals surface area contributed by atoms with Crippen molar-refractivity contribution in [2.75, 3.05) is 13.6 Å². The van der Waals surface area contributed by atoms with Crippen LogP contribution in [-0.4, -0.2) is 30.6 Å². The van der Waals surface area contributed by atoms with E-state index in [1.165, 1.54) is 6.42 Å². The van der Waals surface area contributed by atoms with Crippen LogP contribution in [-0.2, 0) is 0 Å². The molecular formula is C9H22N2. The summed E-state index contributed by atoms with van der Waals surface area (Å²) in [4.78, 5) is 2.36. The van der Waals surface area contributed by atoms with Gasteiger partial charge in [-0.25, -0.2) is 0 Å². The van der Waals surface area contributed by atoms with Gasteiger partial charge in [0.25, 0.3) is 0 Å². The van der Waals surface area contributed by atoms with Crippen molar-refractivity contribution in [3.05, 3.63) is 0 Å². The smallest absolute Gasteiger partial charge is 0.00612 e. The topological polar surface area (TPSA) is 29.3 Å². The summed E-state index contributed by atoms with van der Waals surface area (Å²) in [5.74, 6) is 0. The van der Waals surface area contributed by atoms with Gasteiger partial charge in [-0.05, 0) is 40.3 Å². The van der Waals surface area contributed by atoms with Crippen molar-refractivity contribution in [3.63, 3.8) is 0 Å². The molecule has 0 rings (SSSR count). The van der Waals surface area contributed by atoms with Crippen molar-refractivity contribution in [3.8, 4) is 0 Å². The van der Waals surface area contributed by atoms with Crippen LogP contribution in [0.3, 0.4) is 0 Å². The highest BCUT2D eigenvalue weighted by atomic mass is 15.1. The Morgan fingerprint density at radius 2 is 1.91 bits per heavy atom. The minimum absolute atomic E-state index is 0.335. The minimum atomic E-state index is 0.335. The Morgan fingerprint density at radius 1 is 1.36 bits per heavy atom. The zero-order valence-electron chi connectivity index (χ0n) is 8.30. The lowest BCUT2D eigenvalue weighted by Crippen LogP contribution is -2.32. The van der Waals surface area contributed by atoms with Crippen molar-refractivity contribution in [1.82, 2.24) is 4.90 Å². The van der Waals surface area contributed by atoms with Crippen molar-refractivity contribution in [2.24, 2.45) is 5.73 Å². The highest BCUT2D eigenvalue weighted by Gasteiger charge is 2.06. The standard InChI is InChI=1S/C9H22N2/c1-5-9(3)11(4)7-6-8(2)10/h8-9H,5-7,10H2,1-4H3. The Morgan fingerprint density at radius 3 is 2.27 bits per heavy atom. The zero-order chi connectivity index (χ0) is 8.85. The fourth-order valence-corrected chi connectivity index (χ4v) is 0.939. The molecule has 0 aromatic rings. The molecule has 0 aliphatic heterocycles. The fourth-order valence-electron chi connectivity index (χ4n) is 0.939. The third-order valence-corrected chi connectivity index (χ3v) is 2.28. The van der Waals surface area contributed by atoms with Gasteiger partial charge in [0, 0.05) is 12.1 Å². The lowest BCUT2D eigenvalue weighted by atomic mass is 10.2. The van der Waals surface area contributed by atoms with Gasteiger partial charge in [0.2, 0.25) is 0 Å². The van der Waals surface area contributed by atoms with E-state index >= 15 is 0 Å². The quantitative estimate of drug-likeness (QED) is 0.656. The number of nitrogens with zero attached hydrogens (tertiary/aromatic N) is 1. The third kappa shape index (κ3) is 5.22. The van der Waals surface area contributed by atoms with E-state index < -0.39 is 0 Å². The first kappa shape index (κ1) is 10.9. The van der Waals surface area contributed by atoms with Gasteiger partial charge in [0.1, 0.15) is 0 Å². The van der Waals surface area contributed by atoms with Crippen LogP contribution in [0.4, 0.5) is 0 Å². The van der Waals surface area contributed by atoms with Gasteiger partial charge in [-0.2, -0.15) is 0 Å². The molecule has 0 amide bonds. The van der Waals surface area contributed by atoms with Crippen LogP contribution in [0.1, 0.15) is 33.6 Å². The van der Waals surface area contributed by atoms with Crippen molar-refractivity contribution >= 4 is 0 Å². The van der Waals surface area contributed by atoms with E-state index in [-0.39, 0.29) is 0 Å². The molecule has 0 heterocycles. The normalized spacial score (nSPS) is 16.9. The summed E-state index contributed by atoms with van der Waals surface area (Å²) >= 11 is 0. The summed E-state index contributed by atoms with van der Waals surface area (Å²) in [5.41, 5.74) is 5.66. The summed E-state index contributed by atoms with van der Waals surface area (Å²) < 4.78 is 0. The third-order valence-electron chi connectivity index (χ3n) is 2.28. The molecule has 0 aliphatic rings. The van der Waals surface area contributed by atoms with Gasteiger partial charge >= 0.3 is 0 Å². The van der Waals surface area contributed by atoms with Crippen LogP contribution in [0.15, 0.2) is 0 Å². The second kappa shape index (κ2) is 5.56. The van der Waals surface area contributed by atoms with Crippen molar-refractivity contribution < 1.29 is 0 Å². The first-order valence-electron chi connectivity index (χ1n) is 4.53. The van der Waals surface area contributed by atoms with E-state index in [0.717, 1.165) is 13.0 Å². The van der Waals surface area contributed by atoms with Crippen LogP contribution in [0, 0.1) is 0 Å². The first-order valence-corrected chi connectivity index (χ1v) is 4.53. The van der Waals surface area contributed by atoms with E-state index in [1.54, 1.807) is 0 Å². The van der Waals surface area contributed by atoms with Gasteiger partial charge in [0.15, 0.2) is 0 Å². The zero-order valence-corrected chi connectivity index (χ0v) is 8.30. The van der Waals surface area contributed by atoms with Crippen LogP contribution in [0.5, 0.6) is 0 Å². The van der Waals surface area contributed by atoms with Crippen LogP contribution in [0.25, 0.3) is 0 Å². The summed E-state index contributed by atoms with van der Waals surface area (Å²) in [5, 5.41) is 0. The van der Waals surface area contributed by atoms with Crippen LogP contribution in [0.2, 0.25) is 0 Å². The molecule has 2 unspecified atom stereocenters. The Kier molecular flexibility index (Phi) is 5.51. The molecule has 0 bridgehead atoms. The first-order chi connectivity index (χ1) is 5.07. The molecule has 0 spiro atoms. The van der Waals surface area contributed by atoms with E-state index in [0.29, 0.717) is 12.1 Å². The maximum absolute atomic E-state index is 5.66. The molecule has 11 heavy (non-hydrogen) atoms. The number of hydrogen-bond donors (Lipinski definition) is 1. The Balaban J connectivity index is 3.43. The molecule has 0 aromatic heterocycles. The monoisotopic (exact) mass is 158 g/mol. The molecule has 68 valence electrons. The molecule has 0 radical (unpaired) electrons. The largest absolute Gasteiger partial charge is 0.328 e. The van der Waals surface area contributed by atoms with Crippen LogP contribution >= 0.6 is 0 Å². The molecule has 0 saturated heterocycles. The van der Waals surface area contributed by atoms with Crippen molar-refractivity contribution in [2.45, 2.75) is 45.7 Å². The lowest BCUT2D eigenvalue weighted by molar-refractivity contribution is 0.244. The molecule has 0 aliphatic carbocycles. The van der Waals surface area contributed by atoms with Gasteiger partial charge in [-0.1, -0.05) is 6.92 Å². The average molecular weight is 158 g/mol. The Bertz CT molecular complexity index is 91.6. The van der Waals surface area contributed by atoms with Crippen LogP contribution < -0.4 is 5.73 Å². The van der Waals surface area contributed by atoms with Gasteiger partial charge in [0.05, 0.1) is 0 Å². The molecule has 0 aromatic carbocycles. The molecular weight excluding hydrogens is 136 g/mol. The molecule has 0 saturated carbocycles. The number of hydrogen-bond acceptors (Lipinski definition) is 2. The van der Waals surface area contributed by atoms with E-state index in [1.807, 2.05) is 0 Å². The predicted octanol–water partition coefficient (Wildman–Crippen LogP) is 1.45. The molecule has 0 fully saturated rings. The van der Waals surface area contributed by atoms with Gasteiger partial charge in [-0.15, -0.1) is 0 Å². The molecule has 2 heteroatoms. The summed E-state index contributed by atoms with van der Waals surface area (Å²) in [6.07, 6.45) is 2.32. The maximum atomic E-state index is 5.66. The molecule has 2 N–H and O–H groups in total. The van der Waals surface area contributed by atoms with Gasteiger partial charge in [-0.3, -0.25) is 0 Å². The number of nitrogens with two attached hydrogens (primary N) is 1. The second-order valence-electron chi connectivity index (χ2n) is 3.50. The SMILES string of the molecule is CCC(C)N(C)CCC(C)N. The Labute approximate surface area is 70.8 Å². The second-order valence-corrected chi connectivity index (χ2v) is 3.50. The maximum Gasteiger partial charge on any atom is 0.00612 e. The lowest BCUT2D eigenvalue weighted by Gasteiger charge is -2.23. The highest BCUT2D eigenvalue weighted by molar-refractivity contribution is 4.63. The van der Waals surface area contributed by atoms with Gasteiger partial charge < -0.3 is 10.6 Å². The van der Waals surface area contributed by atoms with E-state index in [4.69, 9.17) is 5.73 Å². The summed E-state index contributed by atoms with van der Waals surface area (Å²) in [6.45, 7) is 7.64. The summed E-state index contributed by atoms with van der Waals surface area (Å²) in [7, 11) is 2.16. The predicted molar refractivity (Wildman–Crippen MR) is 50.6 cm³/mol. The fraction of sp³-hybridized carbons (Fsp3) is 1.00. The number of rotatable bonds is 5. The Hall–Kier alpha value is -0.0800. The molecule has 2 atom stereocenters.